The van der Waals surface area contributed by atoms with Crippen molar-refractivity contribution in [3.63, 3.8) is 0 Å². The van der Waals surface area contributed by atoms with Gasteiger partial charge in [-0.2, -0.15) is 21.6 Å². The highest BCUT2D eigenvalue weighted by molar-refractivity contribution is 7.87. The zero-order valence-corrected chi connectivity index (χ0v) is 10.1. The molecule has 0 aliphatic heterocycles. The molecule has 7 heteroatoms. The molecule has 1 aliphatic rings. The maximum absolute atomic E-state index is 12.1. The highest BCUT2D eigenvalue weighted by atomic mass is 32.2. The summed E-state index contributed by atoms with van der Waals surface area (Å²) in [5.74, 6) is -0.0794. The number of rotatable bonds is 2. The summed E-state index contributed by atoms with van der Waals surface area (Å²) in [7, 11) is -5.51. The van der Waals surface area contributed by atoms with Crippen molar-refractivity contribution in [2.45, 2.75) is 50.5 Å². The Morgan fingerprint density at radius 3 is 2.29 bits per heavy atom. The minimum atomic E-state index is -5.51. The monoisotopic (exact) mass is 272 g/mol. The van der Waals surface area contributed by atoms with Gasteiger partial charge in [-0.3, -0.25) is 0 Å². The van der Waals surface area contributed by atoms with E-state index in [9.17, 15) is 21.6 Å². The van der Waals surface area contributed by atoms with Crippen LogP contribution in [-0.4, -0.2) is 13.9 Å². The molecule has 0 N–H and O–H groups in total. The van der Waals surface area contributed by atoms with Gasteiger partial charge in [-0.1, -0.05) is 19.3 Å². The zero-order chi connectivity index (χ0) is 12.9. The van der Waals surface area contributed by atoms with E-state index >= 15 is 0 Å². The lowest BCUT2D eigenvalue weighted by Crippen LogP contribution is -2.25. The molecule has 100 valence electrons. The first-order valence-corrected chi connectivity index (χ1v) is 6.93. The molecule has 0 saturated heterocycles. The highest BCUT2D eigenvalue weighted by Gasteiger charge is 2.48. The number of hydrogen-bond acceptors (Lipinski definition) is 3. The van der Waals surface area contributed by atoms with Crippen LogP contribution in [0.3, 0.4) is 0 Å². The molecule has 0 bridgehead atoms. The summed E-state index contributed by atoms with van der Waals surface area (Å²) in [6.45, 7) is 0. The van der Waals surface area contributed by atoms with E-state index in [1.807, 2.05) is 0 Å². The molecule has 0 spiro atoms. The Kier molecular flexibility index (Phi) is 4.85. The summed E-state index contributed by atoms with van der Waals surface area (Å²) < 4.78 is 62.1. The molecule has 0 aromatic heterocycles. The van der Waals surface area contributed by atoms with Gasteiger partial charge in [0.05, 0.1) is 0 Å². The van der Waals surface area contributed by atoms with E-state index in [-0.39, 0.29) is 12.2 Å². The fourth-order valence-electron chi connectivity index (χ4n) is 1.60. The largest absolute Gasteiger partial charge is 0.534 e. The molecule has 0 atom stereocenters. The van der Waals surface area contributed by atoms with E-state index in [1.165, 1.54) is 6.08 Å². The van der Waals surface area contributed by atoms with Crippen LogP contribution in [-0.2, 0) is 14.3 Å². The molecule has 0 fully saturated rings. The van der Waals surface area contributed by atoms with Crippen molar-refractivity contribution in [3.8, 4) is 0 Å². The summed E-state index contributed by atoms with van der Waals surface area (Å²) in [6, 6.07) is 0. The van der Waals surface area contributed by atoms with E-state index in [0.29, 0.717) is 12.8 Å². The van der Waals surface area contributed by atoms with Gasteiger partial charge in [0.15, 0.2) is 0 Å². The van der Waals surface area contributed by atoms with E-state index in [1.54, 1.807) is 0 Å². The van der Waals surface area contributed by atoms with Crippen LogP contribution in [0, 0.1) is 0 Å². The summed E-state index contributed by atoms with van der Waals surface area (Å²) in [4.78, 5) is 0. The van der Waals surface area contributed by atoms with Gasteiger partial charge in [-0.05, 0) is 25.3 Å². The van der Waals surface area contributed by atoms with Crippen molar-refractivity contribution in [3.05, 3.63) is 11.8 Å². The predicted octanol–water partition coefficient (Wildman–Crippen LogP) is 3.48. The van der Waals surface area contributed by atoms with Crippen LogP contribution in [0.2, 0.25) is 0 Å². The molecule has 0 aromatic carbocycles. The van der Waals surface area contributed by atoms with E-state index in [2.05, 4.69) is 4.18 Å². The first kappa shape index (κ1) is 14.3. The average Bonchev–Trinajstić information content (AvgIpc) is 2.29. The number of allylic oxidation sites excluding steroid dienone is 2. The van der Waals surface area contributed by atoms with Gasteiger partial charge < -0.3 is 4.18 Å². The zero-order valence-electron chi connectivity index (χ0n) is 9.29. The minimum Gasteiger partial charge on any atom is -0.381 e. The molecule has 0 radical (unpaired) electrons. The van der Waals surface area contributed by atoms with Crippen molar-refractivity contribution in [2.24, 2.45) is 0 Å². The van der Waals surface area contributed by atoms with E-state index in [0.717, 1.165) is 25.7 Å². The highest BCUT2D eigenvalue weighted by Crippen LogP contribution is 2.28. The average molecular weight is 272 g/mol. The third-order valence-corrected chi connectivity index (χ3v) is 3.50. The SMILES string of the molecule is O=S(=O)(O/C1=C/CCCCCCC1)C(F)(F)F. The lowest BCUT2D eigenvalue weighted by Gasteiger charge is -2.12. The number of hydrogen-bond donors (Lipinski definition) is 0. The Balaban J connectivity index is 2.71. The van der Waals surface area contributed by atoms with Gasteiger partial charge in [0.1, 0.15) is 5.76 Å². The second-order valence-corrected chi connectivity index (χ2v) is 5.50. The third-order valence-electron chi connectivity index (χ3n) is 2.50. The van der Waals surface area contributed by atoms with Gasteiger partial charge in [0.25, 0.3) is 0 Å². The first-order chi connectivity index (χ1) is 7.83. The maximum Gasteiger partial charge on any atom is 0.534 e. The summed E-state index contributed by atoms with van der Waals surface area (Å²) >= 11 is 0. The Morgan fingerprint density at radius 1 is 1.06 bits per heavy atom. The minimum absolute atomic E-state index is 0.0794. The Morgan fingerprint density at radius 2 is 1.65 bits per heavy atom. The fourth-order valence-corrected chi connectivity index (χ4v) is 2.13. The Bertz CT molecular complexity index is 371. The van der Waals surface area contributed by atoms with Crippen LogP contribution in [0.1, 0.15) is 44.9 Å². The second kappa shape index (κ2) is 5.75. The molecular formula is C10H15F3O3S. The van der Waals surface area contributed by atoms with Gasteiger partial charge in [0.2, 0.25) is 0 Å². The lowest BCUT2D eigenvalue weighted by atomic mass is 10.1. The summed E-state index contributed by atoms with van der Waals surface area (Å²) in [5.41, 5.74) is -5.35. The molecule has 1 rings (SSSR count). The molecular weight excluding hydrogens is 257 g/mol. The summed E-state index contributed by atoms with van der Waals surface area (Å²) in [6.07, 6.45) is 6.67. The van der Waals surface area contributed by atoms with Crippen LogP contribution in [0.25, 0.3) is 0 Å². The molecule has 0 heterocycles. The van der Waals surface area contributed by atoms with Crippen molar-refractivity contribution in [2.75, 3.05) is 0 Å². The summed E-state index contributed by atoms with van der Waals surface area (Å²) in [5, 5.41) is 0. The third kappa shape index (κ3) is 4.57. The Hall–Kier alpha value is -0.720. The van der Waals surface area contributed by atoms with Crippen molar-refractivity contribution in [1.29, 1.82) is 0 Å². The van der Waals surface area contributed by atoms with Gasteiger partial charge in [-0.15, -0.1) is 0 Å². The normalized spacial score (nSPS) is 22.9. The molecule has 0 aromatic rings. The van der Waals surface area contributed by atoms with Crippen molar-refractivity contribution < 1.29 is 25.8 Å². The van der Waals surface area contributed by atoms with Crippen LogP contribution >= 0.6 is 0 Å². The van der Waals surface area contributed by atoms with Crippen molar-refractivity contribution in [1.82, 2.24) is 0 Å². The van der Waals surface area contributed by atoms with Gasteiger partial charge in [-0.25, -0.2) is 0 Å². The molecule has 0 saturated carbocycles. The molecule has 3 nitrogen and oxygen atoms in total. The quantitative estimate of drug-likeness (QED) is 0.571. The maximum atomic E-state index is 12.1. The topological polar surface area (TPSA) is 43.4 Å². The molecule has 17 heavy (non-hydrogen) atoms. The molecule has 0 unspecified atom stereocenters. The standard InChI is InChI=1S/C10H15F3O3S/c11-10(12,13)17(14,15)16-9-7-5-3-1-2-4-6-8-9/h7H,1-6,8H2/b9-7+. The molecule has 0 amide bonds. The smallest absolute Gasteiger partial charge is 0.381 e. The van der Waals surface area contributed by atoms with Crippen LogP contribution < -0.4 is 0 Å². The lowest BCUT2D eigenvalue weighted by molar-refractivity contribution is -0.0523. The first-order valence-electron chi connectivity index (χ1n) is 5.53. The van der Waals surface area contributed by atoms with E-state index < -0.39 is 15.6 Å². The van der Waals surface area contributed by atoms with Crippen LogP contribution in [0.15, 0.2) is 11.8 Å². The molecule has 1 aliphatic carbocycles. The van der Waals surface area contributed by atoms with Crippen molar-refractivity contribution >= 4 is 10.1 Å². The number of halogens is 3. The van der Waals surface area contributed by atoms with Crippen LogP contribution in [0.5, 0.6) is 0 Å². The fraction of sp³-hybridized carbons (Fsp3) is 0.800. The Labute approximate surface area is 98.8 Å². The van der Waals surface area contributed by atoms with E-state index in [4.69, 9.17) is 0 Å². The second-order valence-electron chi connectivity index (χ2n) is 3.96. The van der Waals surface area contributed by atoms with Gasteiger partial charge >= 0.3 is 15.6 Å². The number of alkyl halides is 3. The predicted molar refractivity (Wildman–Crippen MR) is 56.5 cm³/mol. The van der Waals surface area contributed by atoms with Crippen LogP contribution in [0.4, 0.5) is 13.2 Å². The van der Waals surface area contributed by atoms with Gasteiger partial charge in [0, 0.05) is 6.42 Å².